The second kappa shape index (κ2) is 7.04. The van der Waals surface area contributed by atoms with Crippen LogP contribution in [0.25, 0.3) is 22.0 Å². The lowest BCUT2D eigenvalue weighted by atomic mass is 10.0. The molecule has 0 saturated carbocycles. The zero-order valence-corrected chi connectivity index (χ0v) is 14.1. The fourth-order valence-corrected chi connectivity index (χ4v) is 2.93. The molecule has 2 heterocycles. The first-order chi connectivity index (χ1) is 12.8. The number of benzene rings is 2. The lowest BCUT2D eigenvalue weighted by Crippen LogP contribution is -1.93. The monoisotopic (exact) mass is 336 g/mol. The summed E-state index contributed by atoms with van der Waals surface area (Å²) in [5, 5.41) is 13.3. The van der Waals surface area contributed by atoms with Gasteiger partial charge in [-0.1, -0.05) is 18.2 Å². The normalized spacial score (nSPS) is 10.4. The van der Waals surface area contributed by atoms with Crippen molar-refractivity contribution >= 4 is 22.3 Å². The van der Waals surface area contributed by atoms with E-state index in [9.17, 15) is 0 Å². The van der Waals surface area contributed by atoms with Crippen molar-refractivity contribution in [3.63, 3.8) is 0 Å². The fourth-order valence-electron chi connectivity index (χ4n) is 2.93. The van der Waals surface area contributed by atoms with E-state index in [4.69, 9.17) is 5.26 Å². The molecule has 0 fully saturated rings. The molecule has 4 aromatic rings. The third-order valence-corrected chi connectivity index (χ3v) is 4.27. The van der Waals surface area contributed by atoms with Crippen molar-refractivity contribution in [2.45, 2.75) is 6.42 Å². The largest absolute Gasteiger partial charge is 0.355 e. The number of nitrogens with zero attached hydrogens (tertiary/aromatic N) is 3. The van der Waals surface area contributed by atoms with Crippen LogP contribution in [0.1, 0.15) is 5.56 Å². The molecule has 0 amide bonds. The van der Waals surface area contributed by atoms with Crippen molar-refractivity contribution in [1.82, 2.24) is 9.97 Å². The molecular formula is C22H16N4. The highest BCUT2D eigenvalue weighted by Crippen LogP contribution is 2.29. The number of hydrogen-bond donors (Lipinski definition) is 1. The van der Waals surface area contributed by atoms with Crippen LogP contribution in [0.3, 0.4) is 0 Å². The van der Waals surface area contributed by atoms with E-state index in [2.05, 4.69) is 33.5 Å². The number of hydrogen-bond acceptors (Lipinski definition) is 4. The molecule has 0 atom stereocenters. The SMILES string of the molecule is N#CCc1ccc(Nc2ccnc3ccc(-c4ccncc4)cc23)cc1. The van der Waals surface area contributed by atoms with Crippen molar-refractivity contribution in [3.8, 4) is 17.2 Å². The van der Waals surface area contributed by atoms with Crippen molar-refractivity contribution in [2.24, 2.45) is 0 Å². The van der Waals surface area contributed by atoms with Crippen LogP contribution in [0.5, 0.6) is 0 Å². The number of nitriles is 1. The second-order valence-corrected chi connectivity index (χ2v) is 5.98. The van der Waals surface area contributed by atoms with Gasteiger partial charge in [0.05, 0.1) is 18.0 Å². The summed E-state index contributed by atoms with van der Waals surface area (Å²) in [7, 11) is 0. The molecule has 0 aliphatic heterocycles. The molecule has 0 radical (unpaired) electrons. The summed E-state index contributed by atoms with van der Waals surface area (Å²) in [5.41, 5.74) is 6.18. The predicted molar refractivity (Wildman–Crippen MR) is 104 cm³/mol. The van der Waals surface area contributed by atoms with Crippen LogP contribution < -0.4 is 5.32 Å². The number of fused-ring (bicyclic) bond motifs is 1. The Kier molecular flexibility index (Phi) is 4.28. The smallest absolute Gasteiger partial charge is 0.0723 e. The second-order valence-electron chi connectivity index (χ2n) is 5.98. The molecule has 4 rings (SSSR count). The van der Waals surface area contributed by atoms with Crippen molar-refractivity contribution in [2.75, 3.05) is 5.32 Å². The number of nitrogens with one attached hydrogen (secondary N) is 1. The summed E-state index contributed by atoms with van der Waals surface area (Å²) in [4.78, 5) is 8.55. The molecule has 0 bridgehead atoms. The van der Waals surface area contributed by atoms with Gasteiger partial charge in [-0.15, -0.1) is 0 Å². The number of rotatable bonds is 4. The minimum absolute atomic E-state index is 0.424. The predicted octanol–water partition coefficient (Wildman–Crippen LogP) is 5.11. The highest BCUT2D eigenvalue weighted by Gasteiger charge is 2.06. The maximum atomic E-state index is 8.79. The van der Waals surface area contributed by atoms with Gasteiger partial charge in [-0.2, -0.15) is 5.26 Å². The Balaban J connectivity index is 1.71. The fraction of sp³-hybridized carbons (Fsp3) is 0.0455. The molecule has 0 aliphatic rings. The molecule has 2 aromatic heterocycles. The van der Waals surface area contributed by atoms with E-state index in [1.807, 2.05) is 48.5 Å². The molecule has 0 aliphatic carbocycles. The van der Waals surface area contributed by atoms with Crippen molar-refractivity contribution < 1.29 is 0 Å². The molecule has 4 nitrogen and oxygen atoms in total. The first kappa shape index (κ1) is 15.8. The number of aromatic nitrogens is 2. The minimum Gasteiger partial charge on any atom is -0.355 e. The third kappa shape index (κ3) is 3.24. The highest BCUT2D eigenvalue weighted by molar-refractivity contribution is 5.95. The van der Waals surface area contributed by atoms with Gasteiger partial charge >= 0.3 is 0 Å². The first-order valence-corrected chi connectivity index (χ1v) is 8.35. The zero-order chi connectivity index (χ0) is 17.8. The van der Waals surface area contributed by atoms with Gasteiger partial charge < -0.3 is 5.32 Å². The average molecular weight is 336 g/mol. The van der Waals surface area contributed by atoms with Gasteiger partial charge in [0.2, 0.25) is 0 Å². The Morgan fingerprint density at radius 2 is 1.65 bits per heavy atom. The third-order valence-electron chi connectivity index (χ3n) is 4.27. The van der Waals surface area contributed by atoms with Crippen molar-refractivity contribution in [3.05, 3.63) is 84.8 Å². The quantitative estimate of drug-likeness (QED) is 0.563. The molecule has 4 heteroatoms. The maximum absolute atomic E-state index is 8.79. The van der Waals surface area contributed by atoms with E-state index < -0.39 is 0 Å². The van der Waals surface area contributed by atoms with Gasteiger partial charge in [-0.3, -0.25) is 9.97 Å². The van der Waals surface area contributed by atoms with Crippen LogP contribution in [0.2, 0.25) is 0 Å². The summed E-state index contributed by atoms with van der Waals surface area (Å²) in [6.45, 7) is 0. The molecule has 1 N–H and O–H groups in total. The van der Waals surface area contributed by atoms with Crippen LogP contribution in [0.15, 0.2) is 79.3 Å². The van der Waals surface area contributed by atoms with Gasteiger partial charge in [-0.05, 0) is 59.2 Å². The Labute approximate surface area is 151 Å². The van der Waals surface area contributed by atoms with Gasteiger partial charge in [-0.25, -0.2) is 0 Å². The topological polar surface area (TPSA) is 61.6 Å². The van der Waals surface area contributed by atoms with Crippen LogP contribution in [0.4, 0.5) is 11.4 Å². The maximum Gasteiger partial charge on any atom is 0.0723 e. The first-order valence-electron chi connectivity index (χ1n) is 8.35. The standard InChI is InChI=1S/C22H16N4/c23-11-7-16-1-4-19(5-2-16)26-22-10-14-25-21-6-3-18(15-20(21)22)17-8-12-24-13-9-17/h1-6,8-10,12-15H,7H2,(H,25,26). The van der Waals surface area contributed by atoms with Gasteiger partial charge in [0.1, 0.15) is 0 Å². The highest BCUT2D eigenvalue weighted by atomic mass is 14.9. The molecule has 0 saturated heterocycles. The minimum atomic E-state index is 0.424. The number of anilines is 2. The van der Waals surface area contributed by atoms with E-state index in [1.165, 1.54) is 0 Å². The Bertz CT molecular complexity index is 1080. The van der Waals surface area contributed by atoms with Crippen LogP contribution in [0, 0.1) is 11.3 Å². The van der Waals surface area contributed by atoms with Crippen LogP contribution in [-0.2, 0) is 6.42 Å². The Hall–Kier alpha value is -3.71. The van der Waals surface area contributed by atoms with E-state index in [1.54, 1.807) is 18.6 Å². The zero-order valence-electron chi connectivity index (χ0n) is 14.1. The summed E-state index contributed by atoms with van der Waals surface area (Å²) in [5.74, 6) is 0. The van der Waals surface area contributed by atoms with E-state index in [0.29, 0.717) is 6.42 Å². The molecule has 0 unspecified atom stereocenters. The molecule has 2 aromatic carbocycles. The van der Waals surface area contributed by atoms with Gasteiger partial charge in [0.25, 0.3) is 0 Å². The molecule has 124 valence electrons. The van der Waals surface area contributed by atoms with E-state index in [0.717, 1.165) is 39.0 Å². The Morgan fingerprint density at radius 1 is 0.846 bits per heavy atom. The number of pyridine rings is 2. The summed E-state index contributed by atoms with van der Waals surface area (Å²) in [6.07, 6.45) is 5.82. The lowest BCUT2D eigenvalue weighted by molar-refractivity contribution is 1.26. The molecular weight excluding hydrogens is 320 g/mol. The Morgan fingerprint density at radius 3 is 2.42 bits per heavy atom. The molecule has 26 heavy (non-hydrogen) atoms. The van der Waals surface area contributed by atoms with Crippen LogP contribution in [-0.4, -0.2) is 9.97 Å². The summed E-state index contributed by atoms with van der Waals surface area (Å²) < 4.78 is 0. The van der Waals surface area contributed by atoms with E-state index in [-0.39, 0.29) is 0 Å². The van der Waals surface area contributed by atoms with E-state index >= 15 is 0 Å². The average Bonchev–Trinajstić information content (AvgIpc) is 2.70. The molecule has 0 spiro atoms. The van der Waals surface area contributed by atoms with Crippen LogP contribution >= 0.6 is 0 Å². The van der Waals surface area contributed by atoms with Gasteiger partial charge in [0, 0.05) is 35.4 Å². The summed E-state index contributed by atoms with van der Waals surface area (Å²) in [6, 6.07) is 22.3. The van der Waals surface area contributed by atoms with Gasteiger partial charge in [0.15, 0.2) is 0 Å². The van der Waals surface area contributed by atoms with Crippen molar-refractivity contribution in [1.29, 1.82) is 5.26 Å². The summed E-state index contributed by atoms with van der Waals surface area (Å²) >= 11 is 0. The lowest BCUT2D eigenvalue weighted by Gasteiger charge is -2.11.